The lowest BCUT2D eigenvalue weighted by Gasteiger charge is -2.11. The Morgan fingerprint density at radius 3 is 2.52 bits per heavy atom. The van der Waals surface area contributed by atoms with Crippen molar-refractivity contribution in [2.75, 3.05) is 17.2 Å². The molecule has 0 aliphatic carbocycles. The van der Waals surface area contributed by atoms with Crippen molar-refractivity contribution in [1.29, 1.82) is 0 Å². The standard InChI is InChI=1S/C16H16BrFN2O/c1-10-3-5-12(6-4-10)20-16(21)9-19-15-8-14(18)13(17)7-11(15)2/h3-8,19H,9H2,1-2H3,(H,20,21). The van der Waals surface area contributed by atoms with E-state index in [9.17, 15) is 9.18 Å². The highest BCUT2D eigenvalue weighted by Gasteiger charge is 2.07. The van der Waals surface area contributed by atoms with Crippen LogP contribution in [-0.2, 0) is 4.79 Å². The fraction of sp³-hybridized carbons (Fsp3) is 0.188. The average molecular weight is 351 g/mol. The van der Waals surface area contributed by atoms with Gasteiger partial charge in [-0.05, 0) is 59.6 Å². The van der Waals surface area contributed by atoms with E-state index in [0.29, 0.717) is 10.2 Å². The van der Waals surface area contributed by atoms with Crippen LogP contribution in [0.25, 0.3) is 0 Å². The summed E-state index contributed by atoms with van der Waals surface area (Å²) in [7, 11) is 0. The number of benzene rings is 2. The van der Waals surface area contributed by atoms with Gasteiger partial charge in [0.1, 0.15) is 5.82 Å². The quantitative estimate of drug-likeness (QED) is 0.864. The molecule has 5 heteroatoms. The molecule has 2 aromatic rings. The van der Waals surface area contributed by atoms with E-state index in [0.717, 1.165) is 16.8 Å². The predicted molar refractivity (Wildman–Crippen MR) is 87.1 cm³/mol. The number of carbonyl (C=O) groups is 1. The van der Waals surface area contributed by atoms with Gasteiger partial charge in [0.05, 0.1) is 11.0 Å². The van der Waals surface area contributed by atoms with Gasteiger partial charge >= 0.3 is 0 Å². The van der Waals surface area contributed by atoms with Crippen molar-refractivity contribution in [2.45, 2.75) is 13.8 Å². The molecule has 0 saturated heterocycles. The van der Waals surface area contributed by atoms with Crippen molar-refractivity contribution in [3.8, 4) is 0 Å². The zero-order valence-electron chi connectivity index (χ0n) is 11.8. The highest BCUT2D eigenvalue weighted by Crippen LogP contribution is 2.23. The number of carbonyl (C=O) groups excluding carboxylic acids is 1. The molecule has 2 N–H and O–H groups in total. The van der Waals surface area contributed by atoms with Crippen LogP contribution < -0.4 is 10.6 Å². The Labute approximate surface area is 131 Å². The molecule has 0 atom stereocenters. The van der Waals surface area contributed by atoms with E-state index in [1.807, 2.05) is 38.1 Å². The number of halogens is 2. The molecule has 0 radical (unpaired) electrons. The van der Waals surface area contributed by atoms with Gasteiger partial charge in [0, 0.05) is 11.4 Å². The summed E-state index contributed by atoms with van der Waals surface area (Å²) in [5.41, 5.74) is 3.35. The van der Waals surface area contributed by atoms with Gasteiger partial charge in [0.25, 0.3) is 0 Å². The normalized spacial score (nSPS) is 10.3. The molecule has 0 heterocycles. The van der Waals surface area contributed by atoms with Crippen molar-refractivity contribution in [1.82, 2.24) is 0 Å². The summed E-state index contributed by atoms with van der Waals surface area (Å²) in [6.45, 7) is 3.91. The maximum absolute atomic E-state index is 13.5. The monoisotopic (exact) mass is 350 g/mol. The lowest BCUT2D eigenvalue weighted by atomic mass is 10.2. The Bertz CT molecular complexity index is 656. The first-order chi connectivity index (χ1) is 9.95. The van der Waals surface area contributed by atoms with Crippen molar-refractivity contribution >= 4 is 33.2 Å². The summed E-state index contributed by atoms with van der Waals surface area (Å²) in [6.07, 6.45) is 0. The largest absolute Gasteiger partial charge is 0.376 e. The number of hydrogen-bond acceptors (Lipinski definition) is 2. The minimum absolute atomic E-state index is 0.0792. The molecule has 0 fully saturated rings. The lowest BCUT2D eigenvalue weighted by molar-refractivity contribution is -0.114. The van der Waals surface area contributed by atoms with Gasteiger partial charge < -0.3 is 10.6 Å². The summed E-state index contributed by atoms with van der Waals surface area (Å²) in [6, 6.07) is 10.6. The number of aryl methyl sites for hydroxylation is 2. The third-order valence-corrected chi connectivity index (χ3v) is 3.65. The van der Waals surface area contributed by atoms with Gasteiger partial charge in [-0.2, -0.15) is 0 Å². The lowest BCUT2D eigenvalue weighted by Crippen LogP contribution is -2.22. The Kier molecular flexibility index (Phi) is 4.96. The second-order valence-electron chi connectivity index (χ2n) is 4.85. The Morgan fingerprint density at radius 1 is 1.19 bits per heavy atom. The van der Waals surface area contributed by atoms with Crippen LogP contribution in [0, 0.1) is 19.7 Å². The minimum Gasteiger partial charge on any atom is -0.376 e. The van der Waals surface area contributed by atoms with E-state index in [1.165, 1.54) is 6.07 Å². The molecular weight excluding hydrogens is 335 g/mol. The third kappa shape index (κ3) is 4.29. The Balaban J connectivity index is 1.95. The number of rotatable bonds is 4. The first-order valence-electron chi connectivity index (χ1n) is 6.52. The summed E-state index contributed by atoms with van der Waals surface area (Å²) in [4.78, 5) is 11.9. The van der Waals surface area contributed by atoms with Crippen LogP contribution in [0.15, 0.2) is 40.9 Å². The summed E-state index contributed by atoms with van der Waals surface area (Å²) in [5, 5.41) is 5.72. The fourth-order valence-corrected chi connectivity index (χ4v) is 2.31. The van der Waals surface area contributed by atoms with Crippen LogP contribution in [0.5, 0.6) is 0 Å². The molecule has 0 aromatic heterocycles. The van der Waals surface area contributed by atoms with Crippen molar-refractivity contribution in [3.63, 3.8) is 0 Å². The van der Waals surface area contributed by atoms with Gasteiger partial charge in [-0.15, -0.1) is 0 Å². The van der Waals surface area contributed by atoms with Crippen molar-refractivity contribution in [3.05, 3.63) is 57.8 Å². The Hall–Kier alpha value is -1.88. The van der Waals surface area contributed by atoms with Crippen molar-refractivity contribution in [2.24, 2.45) is 0 Å². The maximum atomic E-state index is 13.5. The van der Waals surface area contributed by atoms with Gasteiger partial charge in [-0.25, -0.2) is 4.39 Å². The molecule has 110 valence electrons. The molecule has 3 nitrogen and oxygen atoms in total. The van der Waals surface area contributed by atoms with Crippen LogP contribution in [0.2, 0.25) is 0 Å². The zero-order chi connectivity index (χ0) is 15.4. The molecular formula is C16H16BrFN2O. The van der Waals surface area contributed by atoms with Gasteiger partial charge in [-0.3, -0.25) is 4.79 Å². The number of nitrogens with one attached hydrogen (secondary N) is 2. The SMILES string of the molecule is Cc1ccc(NC(=O)CNc2cc(F)c(Br)cc2C)cc1. The average Bonchev–Trinajstić information content (AvgIpc) is 2.44. The van der Waals surface area contributed by atoms with E-state index in [-0.39, 0.29) is 18.3 Å². The van der Waals surface area contributed by atoms with Crippen LogP contribution >= 0.6 is 15.9 Å². The molecule has 0 aliphatic rings. The van der Waals surface area contributed by atoms with E-state index >= 15 is 0 Å². The topological polar surface area (TPSA) is 41.1 Å². The highest BCUT2D eigenvalue weighted by atomic mass is 79.9. The van der Waals surface area contributed by atoms with Gasteiger partial charge in [-0.1, -0.05) is 17.7 Å². The summed E-state index contributed by atoms with van der Waals surface area (Å²) in [5.74, 6) is -0.538. The molecule has 2 rings (SSSR count). The highest BCUT2D eigenvalue weighted by molar-refractivity contribution is 9.10. The summed E-state index contributed by atoms with van der Waals surface area (Å²) < 4.78 is 13.9. The predicted octanol–water partition coefficient (Wildman–Crippen LogP) is 4.26. The fourth-order valence-electron chi connectivity index (χ4n) is 1.85. The molecule has 21 heavy (non-hydrogen) atoms. The number of hydrogen-bond donors (Lipinski definition) is 2. The molecule has 0 bridgehead atoms. The van der Waals surface area contributed by atoms with E-state index in [1.54, 1.807) is 6.07 Å². The van der Waals surface area contributed by atoms with Gasteiger partial charge in [0.2, 0.25) is 5.91 Å². The van der Waals surface area contributed by atoms with Gasteiger partial charge in [0.15, 0.2) is 0 Å². The number of anilines is 2. The van der Waals surface area contributed by atoms with Crippen LogP contribution in [0.1, 0.15) is 11.1 Å². The smallest absolute Gasteiger partial charge is 0.243 e. The molecule has 0 aliphatic heterocycles. The van der Waals surface area contributed by atoms with E-state index < -0.39 is 0 Å². The second-order valence-corrected chi connectivity index (χ2v) is 5.70. The van der Waals surface area contributed by atoms with Crippen LogP contribution in [-0.4, -0.2) is 12.5 Å². The van der Waals surface area contributed by atoms with E-state index in [4.69, 9.17) is 0 Å². The first kappa shape index (κ1) is 15.5. The second kappa shape index (κ2) is 6.72. The molecule has 1 amide bonds. The van der Waals surface area contributed by atoms with Crippen LogP contribution in [0.4, 0.5) is 15.8 Å². The maximum Gasteiger partial charge on any atom is 0.243 e. The molecule has 0 spiro atoms. The third-order valence-electron chi connectivity index (χ3n) is 3.04. The first-order valence-corrected chi connectivity index (χ1v) is 7.31. The summed E-state index contributed by atoms with van der Waals surface area (Å²) >= 11 is 3.13. The molecule has 2 aromatic carbocycles. The van der Waals surface area contributed by atoms with Crippen LogP contribution in [0.3, 0.4) is 0 Å². The van der Waals surface area contributed by atoms with Crippen molar-refractivity contribution < 1.29 is 9.18 Å². The Morgan fingerprint density at radius 2 is 1.86 bits per heavy atom. The zero-order valence-corrected chi connectivity index (χ0v) is 13.4. The molecule has 0 saturated carbocycles. The molecule has 0 unspecified atom stereocenters. The minimum atomic E-state index is -0.359. The number of amides is 1. The van der Waals surface area contributed by atoms with E-state index in [2.05, 4.69) is 26.6 Å².